The number of nitrogens with one attached hydrogen (secondary N) is 1. The molecule has 1 aromatic carbocycles. The van der Waals surface area contributed by atoms with Gasteiger partial charge in [-0.15, -0.1) is 27.8 Å². The molecule has 10 heteroatoms. The first-order valence-corrected chi connectivity index (χ1v) is 11.2. The fourth-order valence-corrected chi connectivity index (χ4v) is 4.68. The maximum Gasteiger partial charge on any atom is 0.231 e. The lowest BCUT2D eigenvalue weighted by Gasteiger charge is -2.17. The van der Waals surface area contributed by atoms with E-state index in [-0.39, 0.29) is 17.7 Å². The molecule has 0 aliphatic heterocycles. The van der Waals surface area contributed by atoms with Crippen molar-refractivity contribution < 1.29 is 4.79 Å². The Morgan fingerprint density at radius 2 is 2.04 bits per heavy atom. The second kappa shape index (κ2) is 9.09. The zero-order valence-electron chi connectivity index (χ0n) is 14.6. The van der Waals surface area contributed by atoms with Gasteiger partial charge in [0.25, 0.3) is 0 Å². The van der Waals surface area contributed by atoms with Crippen molar-refractivity contribution in [2.24, 2.45) is 0 Å². The van der Waals surface area contributed by atoms with Gasteiger partial charge in [-0.25, -0.2) is 9.67 Å². The van der Waals surface area contributed by atoms with Gasteiger partial charge in [0.15, 0.2) is 0 Å². The quantitative estimate of drug-likeness (QED) is 0.434. The van der Waals surface area contributed by atoms with Gasteiger partial charge in [-0.1, -0.05) is 48.2 Å². The molecule has 1 N–H and O–H groups in total. The fraction of sp³-hybridized carbons (Fsp3) is 0.167. The van der Waals surface area contributed by atoms with Crippen molar-refractivity contribution in [1.29, 1.82) is 0 Å². The highest BCUT2D eigenvalue weighted by Crippen LogP contribution is 2.24. The zero-order chi connectivity index (χ0) is 19.2. The lowest BCUT2D eigenvalue weighted by molar-refractivity contribution is -0.119. The molecule has 3 aromatic heterocycles. The molecule has 1 unspecified atom stereocenters. The summed E-state index contributed by atoms with van der Waals surface area (Å²) < 4.78 is 1.71. The van der Waals surface area contributed by atoms with E-state index in [1.165, 1.54) is 23.1 Å². The van der Waals surface area contributed by atoms with Crippen LogP contribution in [0.2, 0.25) is 0 Å². The van der Waals surface area contributed by atoms with Crippen LogP contribution in [0.4, 0.5) is 0 Å². The molecule has 28 heavy (non-hydrogen) atoms. The van der Waals surface area contributed by atoms with Crippen LogP contribution in [0.1, 0.15) is 21.5 Å². The van der Waals surface area contributed by atoms with E-state index in [0.29, 0.717) is 11.7 Å². The number of hydrogen-bond donors (Lipinski definition) is 1. The standard InChI is InChI=1S/C18H16N6OS3/c25-15(12-28-18-21-22-23-24(18)11-14-7-4-9-26-14)20-16(17-19-8-10-27-17)13-5-2-1-3-6-13/h1-10,16H,11-12H2,(H,20,25). The monoisotopic (exact) mass is 428 g/mol. The van der Waals surface area contributed by atoms with Crippen molar-refractivity contribution in [3.8, 4) is 0 Å². The molecule has 0 saturated heterocycles. The smallest absolute Gasteiger partial charge is 0.231 e. The molecule has 4 rings (SSSR count). The summed E-state index contributed by atoms with van der Waals surface area (Å²) in [4.78, 5) is 18.1. The Labute approximate surface area is 173 Å². The first-order valence-electron chi connectivity index (χ1n) is 8.44. The molecular formula is C18H16N6OS3. The molecule has 0 radical (unpaired) electrons. The Balaban J connectivity index is 1.40. The SMILES string of the molecule is O=C(CSc1nnnn1Cc1cccs1)NC(c1ccccc1)c1nccs1. The van der Waals surface area contributed by atoms with Crippen LogP contribution in [0.3, 0.4) is 0 Å². The average molecular weight is 429 g/mol. The molecule has 0 aliphatic rings. The van der Waals surface area contributed by atoms with Gasteiger partial charge < -0.3 is 5.32 Å². The van der Waals surface area contributed by atoms with Crippen molar-refractivity contribution in [2.45, 2.75) is 17.7 Å². The van der Waals surface area contributed by atoms with Gasteiger partial charge >= 0.3 is 0 Å². The van der Waals surface area contributed by atoms with Gasteiger partial charge in [-0.2, -0.15) is 0 Å². The van der Waals surface area contributed by atoms with Crippen molar-refractivity contribution in [1.82, 2.24) is 30.5 Å². The Hall–Kier alpha value is -2.56. The molecule has 4 aromatic rings. The van der Waals surface area contributed by atoms with E-state index in [4.69, 9.17) is 0 Å². The number of rotatable bonds is 8. The molecule has 1 atom stereocenters. The summed E-state index contributed by atoms with van der Waals surface area (Å²) in [6.45, 7) is 0.598. The first kappa shape index (κ1) is 18.8. The van der Waals surface area contributed by atoms with Crippen molar-refractivity contribution >= 4 is 40.3 Å². The summed E-state index contributed by atoms with van der Waals surface area (Å²) in [5.41, 5.74) is 0.998. The summed E-state index contributed by atoms with van der Waals surface area (Å²) >= 11 is 4.49. The number of thiophene rings is 1. The van der Waals surface area contributed by atoms with Gasteiger partial charge in [-0.05, 0) is 27.4 Å². The second-order valence-corrected chi connectivity index (χ2v) is 8.67. The third-order valence-electron chi connectivity index (χ3n) is 3.85. The van der Waals surface area contributed by atoms with Crippen molar-refractivity contribution in [2.75, 3.05) is 5.75 Å². The van der Waals surface area contributed by atoms with E-state index in [0.717, 1.165) is 15.4 Å². The van der Waals surface area contributed by atoms with Gasteiger partial charge in [0.05, 0.1) is 12.3 Å². The molecule has 0 bridgehead atoms. The minimum Gasteiger partial charge on any atom is -0.342 e. The molecular weight excluding hydrogens is 412 g/mol. The number of tetrazole rings is 1. The summed E-state index contributed by atoms with van der Waals surface area (Å²) in [6, 6.07) is 13.6. The molecule has 7 nitrogen and oxygen atoms in total. The first-order chi connectivity index (χ1) is 13.8. The lowest BCUT2D eigenvalue weighted by atomic mass is 10.1. The summed E-state index contributed by atoms with van der Waals surface area (Å²) in [7, 11) is 0. The van der Waals surface area contributed by atoms with E-state index < -0.39 is 0 Å². The number of aromatic nitrogens is 5. The number of nitrogens with zero attached hydrogens (tertiary/aromatic N) is 5. The maximum absolute atomic E-state index is 12.6. The van der Waals surface area contributed by atoms with E-state index in [1.54, 1.807) is 22.2 Å². The number of carbonyl (C=O) groups excluding carboxylic acids is 1. The predicted molar refractivity (Wildman–Crippen MR) is 111 cm³/mol. The highest BCUT2D eigenvalue weighted by molar-refractivity contribution is 7.99. The van der Waals surface area contributed by atoms with E-state index in [9.17, 15) is 4.79 Å². The van der Waals surface area contributed by atoms with Crippen molar-refractivity contribution in [3.05, 3.63) is 74.9 Å². The summed E-state index contributed by atoms with van der Waals surface area (Å²) in [6.07, 6.45) is 1.75. The Bertz CT molecular complexity index is 1000. The Kier molecular flexibility index (Phi) is 6.10. The van der Waals surface area contributed by atoms with Crippen LogP contribution < -0.4 is 5.32 Å². The fourth-order valence-electron chi connectivity index (χ4n) is 2.59. The summed E-state index contributed by atoms with van der Waals surface area (Å²) in [5, 5.41) is 20.3. The molecule has 0 fully saturated rings. The highest BCUT2D eigenvalue weighted by Gasteiger charge is 2.20. The normalized spacial score (nSPS) is 12.0. The minimum atomic E-state index is -0.267. The van der Waals surface area contributed by atoms with Crippen LogP contribution in [-0.2, 0) is 11.3 Å². The number of thiazole rings is 1. The Morgan fingerprint density at radius 1 is 1.14 bits per heavy atom. The van der Waals surface area contributed by atoms with Crippen molar-refractivity contribution in [3.63, 3.8) is 0 Å². The van der Waals surface area contributed by atoms with Gasteiger partial charge in [0, 0.05) is 16.5 Å². The lowest BCUT2D eigenvalue weighted by Crippen LogP contribution is -2.30. The number of thioether (sulfide) groups is 1. The average Bonchev–Trinajstić information content (AvgIpc) is 3.49. The van der Waals surface area contributed by atoms with Gasteiger partial charge in [0.1, 0.15) is 11.0 Å². The van der Waals surface area contributed by atoms with Crippen LogP contribution >= 0.6 is 34.4 Å². The van der Waals surface area contributed by atoms with Crippen LogP contribution in [0.25, 0.3) is 0 Å². The van der Waals surface area contributed by atoms with E-state index in [1.807, 2.05) is 53.2 Å². The molecule has 0 saturated carbocycles. The molecule has 0 spiro atoms. The van der Waals surface area contributed by atoms with Crippen LogP contribution in [0.5, 0.6) is 0 Å². The number of benzene rings is 1. The maximum atomic E-state index is 12.6. The van der Waals surface area contributed by atoms with Crippen LogP contribution in [-0.4, -0.2) is 36.9 Å². The Morgan fingerprint density at radius 3 is 2.79 bits per heavy atom. The number of carbonyl (C=O) groups is 1. The largest absolute Gasteiger partial charge is 0.342 e. The topological polar surface area (TPSA) is 85.6 Å². The zero-order valence-corrected chi connectivity index (χ0v) is 17.1. The van der Waals surface area contributed by atoms with Gasteiger partial charge in [-0.3, -0.25) is 4.79 Å². The number of amides is 1. The van der Waals surface area contributed by atoms with Gasteiger partial charge in [0.2, 0.25) is 11.1 Å². The third kappa shape index (κ3) is 4.64. The van der Waals surface area contributed by atoms with E-state index >= 15 is 0 Å². The minimum absolute atomic E-state index is 0.0975. The van der Waals surface area contributed by atoms with E-state index in [2.05, 4.69) is 25.8 Å². The molecule has 142 valence electrons. The van der Waals surface area contributed by atoms with Crippen LogP contribution in [0, 0.1) is 0 Å². The highest BCUT2D eigenvalue weighted by atomic mass is 32.2. The predicted octanol–water partition coefficient (Wildman–Crippen LogP) is 3.24. The third-order valence-corrected chi connectivity index (χ3v) is 6.51. The number of hydrogen-bond acceptors (Lipinski definition) is 8. The molecule has 0 aliphatic carbocycles. The van der Waals surface area contributed by atoms with Crippen LogP contribution in [0.15, 0.2) is 64.6 Å². The second-order valence-electron chi connectivity index (χ2n) is 5.77. The summed E-state index contributed by atoms with van der Waals surface area (Å²) in [5.74, 6) is 0.124. The molecule has 3 heterocycles. The molecule has 1 amide bonds.